The summed E-state index contributed by atoms with van der Waals surface area (Å²) >= 11 is 0. The minimum atomic E-state index is -3.42. The molecule has 25 heavy (non-hydrogen) atoms. The van der Waals surface area contributed by atoms with E-state index in [9.17, 15) is 18.0 Å². The third kappa shape index (κ3) is 5.56. The molecule has 1 aliphatic rings. The van der Waals surface area contributed by atoms with Crippen LogP contribution in [-0.2, 0) is 26.3 Å². The maximum absolute atomic E-state index is 14.1. The van der Waals surface area contributed by atoms with Crippen molar-refractivity contribution in [3.63, 3.8) is 0 Å². The largest absolute Gasteiger partial charge is 0.483 e. The number of hydrogen-bond acceptors (Lipinski definition) is 5. The molecule has 0 radical (unpaired) electrons. The van der Waals surface area contributed by atoms with E-state index in [0.717, 1.165) is 6.07 Å². The maximum Gasteiger partial charge on any atom is 0.302 e. The van der Waals surface area contributed by atoms with Crippen molar-refractivity contribution in [3.8, 4) is 0 Å². The summed E-state index contributed by atoms with van der Waals surface area (Å²) in [6, 6.07) is 3.81. The Bertz CT molecular complexity index is 674. The van der Waals surface area contributed by atoms with Gasteiger partial charge in [0.05, 0.1) is 6.61 Å². The molecule has 0 fully saturated rings. The number of amidine groups is 1. The minimum Gasteiger partial charge on any atom is -0.483 e. The molecule has 138 valence electrons. The van der Waals surface area contributed by atoms with Crippen molar-refractivity contribution in [2.45, 2.75) is 31.7 Å². The number of carboxylic acid groups (broad SMARTS) is 1. The highest BCUT2D eigenvalue weighted by Gasteiger charge is 2.34. The van der Waals surface area contributed by atoms with Gasteiger partial charge in [-0.25, -0.2) is 4.39 Å². The van der Waals surface area contributed by atoms with Crippen LogP contribution >= 0.6 is 0 Å². The highest BCUT2D eigenvalue weighted by Crippen LogP contribution is 2.31. The minimum absolute atomic E-state index is 0.117. The number of halogens is 3. The Labute approximate surface area is 142 Å². The van der Waals surface area contributed by atoms with E-state index in [1.807, 2.05) is 0 Å². The first-order valence-corrected chi connectivity index (χ1v) is 7.23. The first-order valence-electron chi connectivity index (χ1n) is 7.23. The number of nitrogens with two attached hydrogens (primary N) is 1. The topological polar surface area (TPSA) is 102 Å². The fraction of sp³-hybridized carbons (Fsp3) is 0.438. The molecule has 1 aromatic rings. The van der Waals surface area contributed by atoms with Gasteiger partial charge in [-0.3, -0.25) is 14.6 Å². The standard InChI is InChI=1S/C15H17F3N2O2.CH2O2/c1-14(8-22-7-13(19)20-14)10-5-9(3-4-11(10)16)6-12(21)15(2,17)18;2-1-3/h3-5H,6-8H2,1-2H3,(H2,19,20);1H,(H,2,3)/t14-;/m0./s1. The Balaban J connectivity index is 0.000000970. The Kier molecular flexibility index (Phi) is 6.69. The Hall–Kier alpha value is -2.42. The first kappa shape index (κ1) is 20.6. The number of carbonyl (C=O) groups is 2. The third-order valence-corrected chi connectivity index (χ3v) is 3.49. The van der Waals surface area contributed by atoms with Crippen LogP contribution in [0.3, 0.4) is 0 Å². The van der Waals surface area contributed by atoms with Gasteiger partial charge in [-0.1, -0.05) is 6.07 Å². The molecule has 2 rings (SSSR count). The molecule has 1 heterocycles. The van der Waals surface area contributed by atoms with Gasteiger partial charge in [0.15, 0.2) is 0 Å². The molecule has 0 saturated heterocycles. The van der Waals surface area contributed by atoms with Crippen LogP contribution in [0.1, 0.15) is 25.0 Å². The highest BCUT2D eigenvalue weighted by molar-refractivity contribution is 5.87. The van der Waals surface area contributed by atoms with E-state index in [0.29, 0.717) is 12.5 Å². The maximum atomic E-state index is 14.1. The molecule has 0 aromatic heterocycles. The zero-order chi connectivity index (χ0) is 19.3. The van der Waals surface area contributed by atoms with Gasteiger partial charge in [-0.2, -0.15) is 8.78 Å². The van der Waals surface area contributed by atoms with Crippen LogP contribution < -0.4 is 5.73 Å². The van der Waals surface area contributed by atoms with Crippen LogP contribution in [0.5, 0.6) is 0 Å². The second kappa shape index (κ2) is 8.11. The number of Topliss-reactive ketones (excluding diaryl/α,β-unsaturated/α-hetero) is 1. The molecule has 0 amide bonds. The van der Waals surface area contributed by atoms with Gasteiger partial charge < -0.3 is 15.6 Å². The molecule has 3 N–H and O–H groups in total. The van der Waals surface area contributed by atoms with Gasteiger partial charge in [0.1, 0.15) is 23.8 Å². The average molecular weight is 360 g/mol. The van der Waals surface area contributed by atoms with Gasteiger partial charge >= 0.3 is 5.92 Å². The molecular weight excluding hydrogens is 341 g/mol. The Morgan fingerprint density at radius 1 is 1.52 bits per heavy atom. The van der Waals surface area contributed by atoms with Crippen LogP contribution in [0.15, 0.2) is 23.2 Å². The first-order chi connectivity index (χ1) is 11.5. The summed E-state index contributed by atoms with van der Waals surface area (Å²) < 4.78 is 45.3. The van der Waals surface area contributed by atoms with Crippen molar-refractivity contribution < 1.29 is 32.6 Å². The predicted octanol–water partition coefficient (Wildman–Crippen LogP) is 1.90. The third-order valence-electron chi connectivity index (χ3n) is 3.49. The van der Waals surface area contributed by atoms with Gasteiger partial charge in [0.2, 0.25) is 5.78 Å². The van der Waals surface area contributed by atoms with Gasteiger partial charge in [0.25, 0.3) is 6.47 Å². The number of alkyl halides is 2. The smallest absolute Gasteiger partial charge is 0.302 e. The lowest BCUT2D eigenvalue weighted by Gasteiger charge is -2.30. The Morgan fingerprint density at radius 3 is 2.64 bits per heavy atom. The van der Waals surface area contributed by atoms with Crippen molar-refractivity contribution >= 4 is 18.1 Å². The van der Waals surface area contributed by atoms with Crippen molar-refractivity contribution in [2.24, 2.45) is 10.7 Å². The highest BCUT2D eigenvalue weighted by atomic mass is 19.3. The summed E-state index contributed by atoms with van der Waals surface area (Å²) in [7, 11) is 0. The fourth-order valence-electron chi connectivity index (χ4n) is 2.31. The Morgan fingerprint density at radius 2 is 2.12 bits per heavy atom. The van der Waals surface area contributed by atoms with Crippen LogP contribution in [0.4, 0.5) is 13.2 Å². The number of aliphatic imine (C=N–C) groups is 1. The van der Waals surface area contributed by atoms with E-state index >= 15 is 0 Å². The molecule has 0 saturated carbocycles. The van der Waals surface area contributed by atoms with Crippen LogP contribution in [0.2, 0.25) is 0 Å². The second-order valence-electron chi connectivity index (χ2n) is 5.78. The van der Waals surface area contributed by atoms with Gasteiger partial charge in [-0.15, -0.1) is 0 Å². The molecule has 0 aliphatic carbocycles. The SMILES string of the molecule is CC(F)(F)C(=O)Cc1ccc(F)c([C@]2(C)COCC(N)=N2)c1.O=CO. The molecule has 9 heteroatoms. The molecule has 0 spiro atoms. The molecule has 1 atom stereocenters. The van der Waals surface area contributed by atoms with Crippen molar-refractivity contribution in [3.05, 3.63) is 35.1 Å². The summed E-state index contributed by atoms with van der Waals surface area (Å²) in [6.07, 6.45) is -0.479. The molecule has 0 unspecified atom stereocenters. The fourth-order valence-corrected chi connectivity index (χ4v) is 2.31. The number of rotatable bonds is 4. The molecule has 1 aromatic carbocycles. The average Bonchev–Trinajstić information content (AvgIpc) is 2.48. The van der Waals surface area contributed by atoms with E-state index in [1.165, 1.54) is 12.1 Å². The van der Waals surface area contributed by atoms with Crippen molar-refractivity contribution in [1.29, 1.82) is 0 Å². The summed E-state index contributed by atoms with van der Waals surface area (Å²) in [5.74, 6) is -4.97. The lowest BCUT2D eigenvalue weighted by molar-refractivity contribution is -0.139. The van der Waals surface area contributed by atoms with Crippen LogP contribution in [-0.4, -0.2) is 42.3 Å². The monoisotopic (exact) mass is 360 g/mol. The number of ether oxygens (including phenoxy) is 1. The summed E-state index contributed by atoms with van der Waals surface area (Å²) in [6.45, 7) is 2.21. The van der Waals surface area contributed by atoms with Gasteiger partial charge in [0, 0.05) is 18.9 Å². The van der Waals surface area contributed by atoms with E-state index in [1.54, 1.807) is 6.92 Å². The van der Waals surface area contributed by atoms with Crippen LogP contribution in [0.25, 0.3) is 0 Å². The molecule has 0 bridgehead atoms. The summed E-state index contributed by atoms with van der Waals surface area (Å²) in [5.41, 5.74) is 5.04. The number of ketones is 1. The predicted molar refractivity (Wildman–Crippen MR) is 84.2 cm³/mol. The second-order valence-corrected chi connectivity index (χ2v) is 5.78. The van der Waals surface area contributed by atoms with Crippen molar-refractivity contribution in [2.75, 3.05) is 13.2 Å². The number of hydrogen-bond donors (Lipinski definition) is 2. The van der Waals surface area contributed by atoms with E-state index in [-0.39, 0.29) is 31.1 Å². The number of nitrogens with zero attached hydrogens (tertiary/aromatic N) is 1. The van der Waals surface area contributed by atoms with E-state index < -0.39 is 29.5 Å². The normalized spacial score (nSPS) is 20.1. The number of carbonyl (C=O) groups excluding carboxylic acids is 1. The van der Waals surface area contributed by atoms with E-state index in [2.05, 4.69) is 4.99 Å². The van der Waals surface area contributed by atoms with Crippen molar-refractivity contribution in [1.82, 2.24) is 0 Å². The zero-order valence-corrected chi connectivity index (χ0v) is 13.8. The zero-order valence-electron chi connectivity index (χ0n) is 13.8. The number of benzene rings is 1. The lowest BCUT2D eigenvalue weighted by atomic mass is 9.90. The van der Waals surface area contributed by atoms with Crippen LogP contribution in [0, 0.1) is 5.82 Å². The molecule has 6 nitrogen and oxygen atoms in total. The molecular formula is C16H19F3N2O4. The van der Waals surface area contributed by atoms with E-state index in [4.69, 9.17) is 20.4 Å². The lowest BCUT2D eigenvalue weighted by Crippen LogP contribution is -2.38. The molecule has 1 aliphatic heterocycles. The van der Waals surface area contributed by atoms with Gasteiger partial charge in [-0.05, 0) is 24.6 Å². The summed E-state index contributed by atoms with van der Waals surface area (Å²) in [5, 5.41) is 6.89. The quantitative estimate of drug-likeness (QED) is 0.799. The summed E-state index contributed by atoms with van der Waals surface area (Å²) in [4.78, 5) is 24.0.